The number of aliphatic hydroxyl groups excluding tert-OH is 1. The first-order chi connectivity index (χ1) is 6.79. The van der Waals surface area contributed by atoms with Crippen LogP contribution in [-0.2, 0) is 7.05 Å². The standard InChI is InChI=1S/C8H9N5O/c1-13-7(5-11-12-13)8(14)6-4-9-2-3-10-6/h2-5,8,14H,1H3. The smallest absolute Gasteiger partial charge is 0.141 e. The maximum Gasteiger partial charge on any atom is 0.141 e. The van der Waals surface area contributed by atoms with Gasteiger partial charge >= 0.3 is 0 Å². The van der Waals surface area contributed by atoms with Crippen LogP contribution >= 0.6 is 0 Å². The van der Waals surface area contributed by atoms with Gasteiger partial charge in [-0.05, 0) is 0 Å². The van der Waals surface area contributed by atoms with E-state index in [0.717, 1.165) is 0 Å². The molecule has 6 nitrogen and oxygen atoms in total. The molecule has 6 heteroatoms. The summed E-state index contributed by atoms with van der Waals surface area (Å²) in [7, 11) is 1.71. The Kier molecular flexibility index (Phi) is 2.19. The highest BCUT2D eigenvalue weighted by Crippen LogP contribution is 2.16. The highest BCUT2D eigenvalue weighted by atomic mass is 16.3. The van der Waals surface area contributed by atoms with E-state index in [9.17, 15) is 5.11 Å². The second-order valence-electron chi connectivity index (χ2n) is 2.82. The minimum atomic E-state index is -0.830. The normalized spacial score (nSPS) is 12.7. The van der Waals surface area contributed by atoms with Gasteiger partial charge in [0.2, 0.25) is 0 Å². The first kappa shape index (κ1) is 8.76. The van der Waals surface area contributed by atoms with Crippen LogP contribution in [0.2, 0.25) is 0 Å². The molecule has 2 heterocycles. The maximum atomic E-state index is 9.86. The Bertz CT molecular complexity index is 413. The quantitative estimate of drug-likeness (QED) is 0.704. The zero-order valence-electron chi connectivity index (χ0n) is 7.57. The molecule has 0 saturated heterocycles. The number of aryl methyl sites for hydroxylation is 1. The van der Waals surface area contributed by atoms with E-state index in [1.807, 2.05) is 0 Å². The van der Waals surface area contributed by atoms with E-state index in [0.29, 0.717) is 11.4 Å². The lowest BCUT2D eigenvalue weighted by Gasteiger charge is -2.07. The van der Waals surface area contributed by atoms with Crippen LogP contribution in [0.25, 0.3) is 0 Å². The maximum absolute atomic E-state index is 9.86. The van der Waals surface area contributed by atoms with Gasteiger partial charge in [-0.15, -0.1) is 5.10 Å². The van der Waals surface area contributed by atoms with Crippen LogP contribution in [0.4, 0.5) is 0 Å². The van der Waals surface area contributed by atoms with Crippen molar-refractivity contribution in [3.8, 4) is 0 Å². The lowest BCUT2D eigenvalue weighted by molar-refractivity contribution is 0.204. The summed E-state index contributed by atoms with van der Waals surface area (Å²) in [6, 6.07) is 0. The third-order valence-corrected chi connectivity index (χ3v) is 1.89. The molecule has 0 aliphatic rings. The molecule has 0 bridgehead atoms. The topological polar surface area (TPSA) is 76.7 Å². The molecule has 0 amide bonds. The lowest BCUT2D eigenvalue weighted by atomic mass is 10.2. The third kappa shape index (κ3) is 1.47. The lowest BCUT2D eigenvalue weighted by Crippen LogP contribution is -2.08. The van der Waals surface area contributed by atoms with E-state index in [-0.39, 0.29) is 0 Å². The van der Waals surface area contributed by atoms with Crippen LogP contribution in [0.5, 0.6) is 0 Å². The predicted octanol–water partition coefficient (Wildman–Crippen LogP) is -0.313. The molecule has 1 unspecified atom stereocenters. The van der Waals surface area contributed by atoms with Crippen molar-refractivity contribution in [2.24, 2.45) is 7.05 Å². The Morgan fingerprint density at radius 3 is 2.79 bits per heavy atom. The molecular weight excluding hydrogens is 182 g/mol. The number of hydrogen-bond donors (Lipinski definition) is 1. The first-order valence-corrected chi connectivity index (χ1v) is 4.07. The summed E-state index contributed by atoms with van der Waals surface area (Å²) in [6.45, 7) is 0. The van der Waals surface area contributed by atoms with Gasteiger partial charge in [0.05, 0.1) is 23.8 Å². The molecule has 2 rings (SSSR count). The van der Waals surface area contributed by atoms with Crippen LogP contribution in [0.3, 0.4) is 0 Å². The molecule has 2 aromatic rings. The average Bonchev–Trinajstić information content (AvgIpc) is 2.65. The molecule has 0 aromatic carbocycles. The number of nitrogens with zero attached hydrogens (tertiary/aromatic N) is 5. The van der Waals surface area contributed by atoms with Crippen molar-refractivity contribution in [3.05, 3.63) is 36.2 Å². The summed E-state index contributed by atoms with van der Waals surface area (Å²) >= 11 is 0. The highest BCUT2D eigenvalue weighted by Gasteiger charge is 2.15. The van der Waals surface area contributed by atoms with Gasteiger partial charge in [-0.3, -0.25) is 9.97 Å². The fourth-order valence-electron chi connectivity index (χ4n) is 1.15. The monoisotopic (exact) mass is 191 g/mol. The van der Waals surface area contributed by atoms with Gasteiger partial charge in [0.25, 0.3) is 0 Å². The zero-order chi connectivity index (χ0) is 9.97. The molecule has 0 aliphatic heterocycles. The summed E-state index contributed by atoms with van der Waals surface area (Å²) in [5, 5.41) is 17.3. The SMILES string of the molecule is Cn1nncc1C(O)c1cnccn1. The Balaban J connectivity index is 2.34. The van der Waals surface area contributed by atoms with Crippen molar-refractivity contribution in [2.45, 2.75) is 6.10 Å². The van der Waals surface area contributed by atoms with E-state index in [1.54, 1.807) is 13.2 Å². The van der Waals surface area contributed by atoms with Crippen molar-refractivity contribution < 1.29 is 5.11 Å². The summed E-state index contributed by atoms with van der Waals surface area (Å²) in [5.41, 5.74) is 1.07. The molecule has 2 aromatic heterocycles. The fourth-order valence-corrected chi connectivity index (χ4v) is 1.15. The first-order valence-electron chi connectivity index (χ1n) is 4.07. The Labute approximate surface area is 80.2 Å². The summed E-state index contributed by atoms with van der Waals surface area (Å²) in [5.74, 6) is 0. The van der Waals surface area contributed by atoms with Crippen molar-refractivity contribution in [3.63, 3.8) is 0 Å². The molecule has 1 N–H and O–H groups in total. The van der Waals surface area contributed by atoms with Gasteiger partial charge < -0.3 is 5.11 Å². The number of aliphatic hydroxyl groups is 1. The van der Waals surface area contributed by atoms with Crippen molar-refractivity contribution in [2.75, 3.05) is 0 Å². The minimum absolute atomic E-state index is 0.484. The van der Waals surface area contributed by atoms with Crippen LogP contribution in [-0.4, -0.2) is 30.1 Å². The van der Waals surface area contributed by atoms with Crippen molar-refractivity contribution in [1.82, 2.24) is 25.0 Å². The molecule has 0 spiro atoms. The van der Waals surface area contributed by atoms with Gasteiger partial charge in [0, 0.05) is 19.4 Å². The molecule has 0 radical (unpaired) electrons. The van der Waals surface area contributed by atoms with E-state index in [4.69, 9.17) is 0 Å². The second-order valence-corrected chi connectivity index (χ2v) is 2.82. The molecular formula is C8H9N5O. The molecule has 14 heavy (non-hydrogen) atoms. The predicted molar refractivity (Wildman–Crippen MR) is 47.1 cm³/mol. The van der Waals surface area contributed by atoms with Gasteiger partial charge in [0.15, 0.2) is 0 Å². The molecule has 0 aliphatic carbocycles. The summed E-state index contributed by atoms with van der Waals surface area (Å²) < 4.78 is 1.50. The van der Waals surface area contributed by atoms with E-state index in [1.165, 1.54) is 23.3 Å². The largest absolute Gasteiger partial charge is 0.380 e. The third-order valence-electron chi connectivity index (χ3n) is 1.89. The van der Waals surface area contributed by atoms with E-state index in [2.05, 4.69) is 20.3 Å². The van der Waals surface area contributed by atoms with Crippen LogP contribution in [0.1, 0.15) is 17.5 Å². The fraction of sp³-hybridized carbons (Fsp3) is 0.250. The minimum Gasteiger partial charge on any atom is -0.380 e. The molecule has 72 valence electrons. The number of hydrogen-bond acceptors (Lipinski definition) is 5. The number of aromatic nitrogens is 5. The van der Waals surface area contributed by atoms with E-state index < -0.39 is 6.10 Å². The van der Waals surface area contributed by atoms with Gasteiger partial charge in [-0.1, -0.05) is 5.21 Å². The van der Waals surface area contributed by atoms with Crippen LogP contribution in [0.15, 0.2) is 24.8 Å². The van der Waals surface area contributed by atoms with Crippen LogP contribution in [0, 0.1) is 0 Å². The van der Waals surface area contributed by atoms with Gasteiger partial charge in [0.1, 0.15) is 6.10 Å². The van der Waals surface area contributed by atoms with Crippen molar-refractivity contribution in [1.29, 1.82) is 0 Å². The Morgan fingerprint density at radius 2 is 2.21 bits per heavy atom. The second kappa shape index (κ2) is 3.51. The van der Waals surface area contributed by atoms with Gasteiger partial charge in [-0.25, -0.2) is 4.68 Å². The number of rotatable bonds is 2. The van der Waals surface area contributed by atoms with Crippen LogP contribution < -0.4 is 0 Å². The Hall–Kier alpha value is -1.82. The molecule has 0 fully saturated rings. The summed E-state index contributed by atoms with van der Waals surface area (Å²) in [4.78, 5) is 7.87. The highest BCUT2D eigenvalue weighted by molar-refractivity contribution is 5.13. The summed E-state index contributed by atoms with van der Waals surface area (Å²) in [6.07, 6.45) is 5.26. The molecule has 0 saturated carbocycles. The molecule has 1 atom stereocenters. The van der Waals surface area contributed by atoms with Gasteiger partial charge in [-0.2, -0.15) is 0 Å². The average molecular weight is 191 g/mol. The van der Waals surface area contributed by atoms with Crippen molar-refractivity contribution >= 4 is 0 Å². The van der Waals surface area contributed by atoms with E-state index >= 15 is 0 Å². The Morgan fingerprint density at radius 1 is 1.36 bits per heavy atom. The zero-order valence-corrected chi connectivity index (χ0v) is 7.57.